The maximum absolute atomic E-state index is 13.9. The van der Waals surface area contributed by atoms with Crippen LogP contribution in [0.2, 0.25) is 0 Å². The highest BCUT2D eigenvalue weighted by Gasteiger charge is 2.27. The Morgan fingerprint density at radius 3 is 2.56 bits per heavy atom. The number of carbonyl (C=O) groups is 2. The molecule has 32 heavy (non-hydrogen) atoms. The first-order valence-electron chi connectivity index (χ1n) is 9.81. The average Bonchev–Trinajstić information content (AvgIpc) is 2.92. The number of anilines is 2. The maximum atomic E-state index is 13.9. The number of para-hydroxylation sites is 2. The summed E-state index contributed by atoms with van der Waals surface area (Å²) in [7, 11) is 1.57. The van der Waals surface area contributed by atoms with Crippen molar-refractivity contribution >= 4 is 34.6 Å². The molecule has 1 N–H and O–H groups in total. The molecule has 0 aliphatic carbocycles. The highest BCUT2D eigenvalue weighted by Crippen LogP contribution is 2.33. The van der Waals surface area contributed by atoms with Crippen LogP contribution in [0.4, 0.5) is 25.8 Å². The Hall–Kier alpha value is -4.07. The van der Waals surface area contributed by atoms with Crippen molar-refractivity contribution in [3.05, 3.63) is 83.9 Å². The molecular formula is C24H19F2N3O3. The van der Waals surface area contributed by atoms with Crippen LogP contribution in [0.1, 0.15) is 12.0 Å². The van der Waals surface area contributed by atoms with E-state index in [2.05, 4.69) is 10.3 Å². The van der Waals surface area contributed by atoms with Crippen molar-refractivity contribution in [1.29, 1.82) is 0 Å². The second-order valence-corrected chi connectivity index (χ2v) is 7.10. The average molecular weight is 435 g/mol. The molecule has 2 amide bonds. The van der Waals surface area contributed by atoms with Crippen molar-refractivity contribution in [2.75, 3.05) is 23.9 Å². The minimum absolute atomic E-state index is 0.0286. The predicted molar refractivity (Wildman–Crippen MR) is 118 cm³/mol. The third-order valence-electron chi connectivity index (χ3n) is 4.98. The summed E-state index contributed by atoms with van der Waals surface area (Å²) in [6.07, 6.45) is -0.0286. The van der Waals surface area contributed by atoms with Gasteiger partial charge in [-0.3, -0.25) is 14.6 Å². The van der Waals surface area contributed by atoms with Gasteiger partial charge in [-0.25, -0.2) is 8.78 Å². The molecular weight excluding hydrogens is 416 g/mol. The zero-order chi connectivity index (χ0) is 22.7. The number of methoxy groups -OCH3 is 1. The fourth-order valence-electron chi connectivity index (χ4n) is 3.39. The van der Waals surface area contributed by atoms with Gasteiger partial charge in [0.1, 0.15) is 23.9 Å². The number of benzene rings is 3. The number of rotatable bonds is 5. The maximum Gasteiger partial charge on any atom is 0.244 e. The summed E-state index contributed by atoms with van der Waals surface area (Å²) in [4.78, 5) is 31.7. The number of amides is 2. The standard InChI is InChI=1S/C24H19F2N3O3/c1-32-17-9-6-15(7-10-17)21-13-24(31)29(22-5-3-2-4-20(22)27-21)14-23(30)28-19-11-8-16(25)12-18(19)26/h2-12H,13-14H2,1H3,(H,28,30). The number of ether oxygens (including phenoxy) is 1. The number of aliphatic imine (C=N–C) groups is 1. The first-order chi connectivity index (χ1) is 15.4. The first kappa shape index (κ1) is 21.2. The number of fused-ring (bicyclic) bond motifs is 1. The summed E-state index contributed by atoms with van der Waals surface area (Å²) >= 11 is 0. The molecule has 3 aromatic rings. The van der Waals surface area contributed by atoms with Gasteiger partial charge in [-0.2, -0.15) is 0 Å². The molecule has 1 heterocycles. The summed E-state index contributed by atoms with van der Waals surface area (Å²) < 4.78 is 32.2. The topological polar surface area (TPSA) is 71.0 Å². The van der Waals surface area contributed by atoms with Gasteiger partial charge in [0.2, 0.25) is 11.8 Å². The van der Waals surface area contributed by atoms with Gasteiger partial charge in [0.25, 0.3) is 0 Å². The molecule has 1 aliphatic rings. The molecule has 0 fully saturated rings. The van der Waals surface area contributed by atoms with Crippen LogP contribution in [-0.4, -0.2) is 31.2 Å². The highest BCUT2D eigenvalue weighted by atomic mass is 19.1. The zero-order valence-electron chi connectivity index (χ0n) is 17.1. The Balaban J connectivity index is 1.60. The minimum Gasteiger partial charge on any atom is -0.497 e. The molecule has 0 aromatic heterocycles. The summed E-state index contributed by atoms with van der Waals surface area (Å²) in [5.74, 6) is -1.92. The lowest BCUT2D eigenvalue weighted by Crippen LogP contribution is -2.38. The van der Waals surface area contributed by atoms with E-state index in [1.165, 1.54) is 4.90 Å². The number of hydrogen-bond donors (Lipinski definition) is 1. The van der Waals surface area contributed by atoms with E-state index >= 15 is 0 Å². The van der Waals surface area contributed by atoms with Crippen molar-refractivity contribution in [3.63, 3.8) is 0 Å². The zero-order valence-corrected chi connectivity index (χ0v) is 17.1. The van der Waals surface area contributed by atoms with Crippen molar-refractivity contribution in [2.24, 2.45) is 4.99 Å². The Bertz CT molecular complexity index is 1210. The van der Waals surface area contributed by atoms with Crippen LogP contribution in [0.25, 0.3) is 0 Å². The van der Waals surface area contributed by atoms with Crippen LogP contribution in [0.15, 0.2) is 71.7 Å². The van der Waals surface area contributed by atoms with Crippen LogP contribution in [0, 0.1) is 11.6 Å². The number of nitrogens with zero attached hydrogens (tertiary/aromatic N) is 2. The third kappa shape index (κ3) is 4.49. The predicted octanol–water partition coefficient (Wildman–Crippen LogP) is 4.47. The van der Waals surface area contributed by atoms with Crippen LogP contribution >= 0.6 is 0 Å². The van der Waals surface area contributed by atoms with E-state index in [-0.39, 0.29) is 24.6 Å². The molecule has 0 spiro atoms. The van der Waals surface area contributed by atoms with Crippen molar-refractivity contribution in [2.45, 2.75) is 6.42 Å². The van der Waals surface area contributed by atoms with Gasteiger partial charge in [0.05, 0.1) is 36.3 Å². The van der Waals surface area contributed by atoms with E-state index in [9.17, 15) is 18.4 Å². The Morgan fingerprint density at radius 2 is 1.84 bits per heavy atom. The Labute approximate surface area is 183 Å². The third-order valence-corrected chi connectivity index (χ3v) is 4.98. The van der Waals surface area contributed by atoms with Crippen molar-refractivity contribution < 1.29 is 23.1 Å². The molecule has 0 saturated carbocycles. The second kappa shape index (κ2) is 8.97. The fraction of sp³-hybridized carbons (Fsp3) is 0.125. The van der Waals surface area contributed by atoms with Gasteiger partial charge >= 0.3 is 0 Å². The molecule has 4 rings (SSSR count). The van der Waals surface area contributed by atoms with Gasteiger partial charge < -0.3 is 15.0 Å². The van der Waals surface area contributed by atoms with Gasteiger partial charge in [-0.05, 0) is 54.1 Å². The molecule has 0 unspecified atom stereocenters. The van der Waals surface area contributed by atoms with Crippen molar-refractivity contribution in [1.82, 2.24) is 0 Å². The van der Waals surface area contributed by atoms with Crippen LogP contribution in [-0.2, 0) is 9.59 Å². The minimum atomic E-state index is -0.897. The molecule has 0 atom stereocenters. The summed E-state index contributed by atoms with van der Waals surface area (Å²) in [6.45, 7) is -0.349. The SMILES string of the molecule is COc1ccc(C2=Nc3ccccc3N(CC(=O)Nc3ccc(F)cc3F)C(=O)C2)cc1. The molecule has 8 heteroatoms. The first-order valence-corrected chi connectivity index (χ1v) is 9.81. The molecule has 0 bridgehead atoms. The summed E-state index contributed by atoms with van der Waals surface area (Å²) in [5, 5.41) is 2.39. The Kier molecular flexibility index (Phi) is 5.93. The lowest BCUT2D eigenvalue weighted by Gasteiger charge is -2.22. The van der Waals surface area contributed by atoms with E-state index in [1.807, 2.05) is 12.1 Å². The lowest BCUT2D eigenvalue weighted by molar-refractivity contribution is -0.120. The van der Waals surface area contributed by atoms with Crippen LogP contribution < -0.4 is 15.0 Å². The van der Waals surface area contributed by atoms with E-state index in [4.69, 9.17) is 4.74 Å². The molecule has 3 aromatic carbocycles. The van der Waals surface area contributed by atoms with Crippen LogP contribution in [0.3, 0.4) is 0 Å². The van der Waals surface area contributed by atoms with E-state index in [0.717, 1.165) is 17.7 Å². The number of hydrogen-bond acceptors (Lipinski definition) is 4. The van der Waals surface area contributed by atoms with Gasteiger partial charge in [-0.15, -0.1) is 0 Å². The van der Waals surface area contributed by atoms with E-state index in [0.29, 0.717) is 28.9 Å². The Morgan fingerprint density at radius 1 is 1.09 bits per heavy atom. The molecule has 162 valence electrons. The number of halogens is 2. The molecule has 6 nitrogen and oxygen atoms in total. The van der Waals surface area contributed by atoms with Crippen molar-refractivity contribution in [3.8, 4) is 5.75 Å². The molecule has 0 radical (unpaired) electrons. The van der Waals surface area contributed by atoms with Gasteiger partial charge in [0.15, 0.2) is 0 Å². The monoisotopic (exact) mass is 435 g/mol. The largest absolute Gasteiger partial charge is 0.497 e. The normalized spacial score (nSPS) is 13.2. The van der Waals surface area contributed by atoms with Gasteiger partial charge in [-0.1, -0.05) is 12.1 Å². The fourth-order valence-corrected chi connectivity index (χ4v) is 3.39. The van der Waals surface area contributed by atoms with Gasteiger partial charge in [0, 0.05) is 6.07 Å². The quantitative estimate of drug-likeness (QED) is 0.643. The lowest BCUT2D eigenvalue weighted by atomic mass is 10.1. The van der Waals surface area contributed by atoms with Crippen LogP contribution in [0.5, 0.6) is 5.75 Å². The number of nitrogens with one attached hydrogen (secondary N) is 1. The smallest absolute Gasteiger partial charge is 0.244 e. The summed E-state index contributed by atoms with van der Waals surface area (Å²) in [5.41, 5.74) is 2.15. The highest BCUT2D eigenvalue weighted by molar-refractivity contribution is 6.19. The van der Waals surface area contributed by atoms with E-state index < -0.39 is 17.5 Å². The summed E-state index contributed by atoms with van der Waals surface area (Å²) in [6, 6.07) is 17.0. The van der Waals surface area contributed by atoms with E-state index in [1.54, 1.807) is 43.5 Å². The number of carbonyl (C=O) groups excluding carboxylic acids is 2. The second-order valence-electron chi connectivity index (χ2n) is 7.10. The molecule has 0 saturated heterocycles. The molecule has 1 aliphatic heterocycles.